The Hall–Kier alpha value is -2.94. The maximum absolute atomic E-state index is 13.1. The Balaban J connectivity index is 2.40. The van der Waals surface area contributed by atoms with Crippen molar-refractivity contribution in [3.8, 4) is 0 Å². The first-order chi connectivity index (χ1) is 11.6. The molecule has 0 heterocycles. The molecule has 0 aliphatic rings. The number of carboxylic acids is 1. The average Bonchev–Trinajstić information content (AvgIpc) is 2.53. The molecule has 2 aromatic carbocycles. The van der Waals surface area contributed by atoms with Crippen LogP contribution >= 0.6 is 12.2 Å². The van der Waals surface area contributed by atoms with Crippen molar-refractivity contribution in [1.82, 2.24) is 0 Å². The van der Waals surface area contributed by atoms with E-state index in [0.717, 1.165) is 6.07 Å². The zero-order valence-electron chi connectivity index (χ0n) is 12.4. The lowest BCUT2D eigenvalue weighted by molar-refractivity contribution is -0.137. The lowest BCUT2D eigenvalue weighted by atomic mass is 10.0. The van der Waals surface area contributed by atoms with E-state index in [4.69, 9.17) is 23.1 Å². The highest BCUT2D eigenvalue weighted by atomic mass is 32.1. The molecule has 9 heteroatoms. The zero-order chi connectivity index (χ0) is 18.8. The number of nitrogens with two attached hydrogens (primary N) is 1. The third kappa shape index (κ3) is 4.13. The molecule has 2 aromatic rings. The number of hydrogen-bond donors (Lipinski definition) is 3. The molecule has 0 saturated heterocycles. The van der Waals surface area contributed by atoms with Gasteiger partial charge in [0.25, 0.3) is 0 Å². The number of carboxylic acid groups (broad SMARTS) is 1. The second-order valence-corrected chi connectivity index (χ2v) is 5.34. The average molecular weight is 368 g/mol. The number of anilines is 1. The van der Waals surface area contributed by atoms with Gasteiger partial charge in [-0.25, -0.2) is 4.79 Å². The monoisotopic (exact) mass is 368 g/mol. The van der Waals surface area contributed by atoms with Gasteiger partial charge in [-0.05, 0) is 24.3 Å². The van der Waals surface area contributed by atoms with Crippen molar-refractivity contribution in [2.24, 2.45) is 5.73 Å². The summed E-state index contributed by atoms with van der Waals surface area (Å²) in [6.45, 7) is 0. The number of carbonyl (C=O) groups excluding carboxylic acids is 1. The predicted molar refractivity (Wildman–Crippen MR) is 88.7 cm³/mol. The fraction of sp³-hybridized carbons (Fsp3) is 0.0625. The van der Waals surface area contributed by atoms with E-state index in [-0.39, 0.29) is 21.8 Å². The molecule has 0 aliphatic heterocycles. The number of primary amides is 1. The molecule has 25 heavy (non-hydrogen) atoms. The number of carbonyl (C=O) groups is 2. The molecule has 0 bridgehead atoms. The second-order valence-electron chi connectivity index (χ2n) is 4.93. The van der Waals surface area contributed by atoms with Crippen LogP contribution < -0.4 is 11.1 Å². The van der Waals surface area contributed by atoms with Crippen molar-refractivity contribution in [2.45, 2.75) is 6.18 Å². The number of benzene rings is 2. The zero-order valence-corrected chi connectivity index (χ0v) is 13.2. The molecule has 0 aromatic heterocycles. The molecule has 0 saturated carbocycles. The SMILES string of the molecule is NC(=O)c1ccc(NC(=S)c2ccccc2C(=O)O)cc1C(F)(F)F. The minimum atomic E-state index is -4.79. The van der Waals surface area contributed by atoms with E-state index < -0.39 is 29.2 Å². The Bertz CT molecular complexity index is 866. The summed E-state index contributed by atoms with van der Waals surface area (Å²) in [7, 11) is 0. The second kappa shape index (κ2) is 6.89. The van der Waals surface area contributed by atoms with E-state index in [1.165, 1.54) is 24.3 Å². The number of thiocarbonyl (C=S) groups is 1. The van der Waals surface area contributed by atoms with E-state index in [1.807, 2.05) is 0 Å². The van der Waals surface area contributed by atoms with Gasteiger partial charge in [-0.1, -0.05) is 30.4 Å². The van der Waals surface area contributed by atoms with Crippen LogP contribution in [0.4, 0.5) is 18.9 Å². The predicted octanol–water partition coefficient (Wildman–Crippen LogP) is 3.29. The maximum atomic E-state index is 13.1. The van der Waals surface area contributed by atoms with Gasteiger partial charge in [-0.15, -0.1) is 0 Å². The number of halogens is 3. The van der Waals surface area contributed by atoms with Gasteiger partial charge in [0.2, 0.25) is 5.91 Å². The third-order valence-electron chi connectivity index (χ3n) is 3.25. The number of rotatable bonds is 4. The Morgan fingerprint density at radius 3 is 2.16 bits per heavy atom. The highest BCUT2D eigenvalue weighted by Crippen LogP contribution is 2.34. The molecule has 4 N–H and O–H groups in total. The van der Waals surface area contributed by atoms with Gasteiger partial charge < -0.3 is 16.2 Å². The molecule has 0 unspecified atom stereocenters. The summed E-state index contributed by atoms with van der Waals surface area (Å²) in [5.74, 6) is -2.43. The minimum absolute atomic E-state index is 0.0532. The summed E-state index contributed by atoms with van der Waals surface area (Å²) < 4.78 is 39.2. The molecule has 2 rings (SSSR count). The molecule has 0 atom stereocenters. The van der Waals surface area contributed by atoms with Crippen molar-refractivity contribution >= 4 is 34.8 Å². The van der Waals surface area contributed by atoms with Crippen molar-refractivity contribution < 1.29 is 27.9 Å². The standard InChI is InChI=1S/C16H11F3N2O3S/c17-16(18,19)12-7-8(5-6-11(12)13(20)22)21-14(25)9-3-1-2-4-10(9)15(23)24/h1-7H,(H2,20,22)(H,21,25)(H,23,24). The van der Waals surface area contributed by atoms with Crippen molar-refractivity contribution in [2.75, 3.05) is 5.32 Å². The normalized spacial score (nSPS) is 11.0. The highest BCUT2D eigenvalue weighted by Gasteiger charge is 2.35. The van der Waals surface area contributed by atoms with Crippen LogP contribution in [0.3, 0.4) is 0 Å². The molecule has 0 radical (unpaired) electrons. The number of amides is 1. The summed E-state index contributed by atoms with van der Waals surface area (Å²) in [4.78, 5) is 22.3. The Labute approximate surface area is 145 Å². The Kier molecular flexibility index (Phi) is 5.07. The van der Waals surface area contributed by atoms with Gasteiger partial charge >= 0.3 is 12.1 Å². The quantitative estimate of drug-likeness (QED) is 0.720. The summed E-state index contributed by atoms with van der Waals surface area (Å²) in [5.41, 5.74) is 3.08. The van der Waals surface area contributed by atoms with Crippen LogP contribution in [0.5, 0.6) is 0 Å². The molecule has 5 nitrogen and oxygen atoms in total. The first-order valence-electron chi connectivity index (χ1n) is 6.76. The summed E-state index contributed by atoms with van der Waals surface area (Å²) in [6.07, 6.45) is -4.79. The van der Waals surface area contributed by atoms with Crippen LogP contribution in [0, 0.1) is 0 Å². The molecule has 1 amide bonds. The van der Waals surface area contributed by atoms with Crippen LogP contribution in [0.15, 0.2) is 42.5 Å². The van der Waals surface area contributed by atoms with Gasteiger partial charge in [0.1, 0.15) is 4.99 Å². The first-order valence-corrected chi connectivity index (χ1v) is 7.17. The van der Waals surface area contributed by atoms with Gasteiger partial charge in [-0.3, -0.25) is 4.79 Å². The van der Waals surface area contributed by atoms with Crippen molar-refractivity contribution in [3.63, 3.8) is 0 Å². The van der Waals surface area contributed by atoms with Crippen molar-refractivity contribution in [3.05, 3.63) is 64.7 Å². The minimum Gasteiger partial charge on any atom is -0.478 e. The highest BCUT2D eigenvalue weighted by molar-refractivity contribution is 7.81. The summed E-state index contributed by atoms with van der Waals surface area (Å²) >= 11 is 5.08. The maximum Gasteiger partial charge on any atom is 0.417 e. The Morgan fingerprint density at radius 1 is 1.04 bits per heavy atom. The topological polar surface area (TPSA) is 92.4 Å². The van der Waals surface area contributed by atoms with Gasteiger partial charge in [0.15, 0.2) is 0 Å². The lowest BCUT2D eigenvalue weighted by Gasteiger charge is -2.15. The fourth-order valence-electron chi connectivity index (χ4n) is 2.14. The fourth-order valence-corrected chi connectivity index (χ4v) is 2.43. The van der Waals surface area contributed by atoms with E-state index in [1.54, 1.807) is 6.07 Å². The number of aromatic carboxylic acids is 1. The van der Waals surface area contributed by atoms with Gasteiger partial charge in [0, 0.05) is 11.3 Å². The van der Waals surface area contributed by atoms with E-state index in [0.29, 0.717) is 6.07 Å². The van der Waals surface area contributed by atoms with Crippen LogP contribution in [-0.2, 0) is 6.18 Å². The summed E-state index contributed by atoms with van der Waals surface area (Å²) in [5, 5.41) is 11.7. The van der Waals surface area contributed by atoms with E-state index >= 15 is 0 Å². The van der Waals surface area contributed by atoms with Crippen LogP contribution in [0.2, 0.25) is 0 Å². The van der Waals surface area contributed by atoms with Crippen LogP contribution in [0.1, 0.15) is 31.8 Å². The van der Waals surface area contributed by atoms with Crippen LogP contribution in [0.25, 0.3) is 0 Å². The molecule has 0 fully saturated rings. The lowest BCUT2D eigenvalue weighted by Crippen LogP contribution is -2.20. The molecule has 0 spiro atoms. The number of hydrogen-bond acceptors (Lipinski definition) is 3. The first kappa shape index (κ1) is 18.4. The molecular formula is C16H11F3N2O3S. The summed E-state index contributed by atoms with van der Waals surface area (Å²) in [6, 6.07) is 8.62. The van der Waals surface area contributed by atoms with Gasteiger partial charge in [0.05, 0.1) is 16.7 Å². The Morgan fingerprint density at radius 2 is 1.64 bits per heavy atom. The van der Waals surface area contributed by atoms with Crippen molar-refractivity contribution in [1.29, 1.82) is 0 Å². The van der Waals surface area contributed by atoms with E-state index in [2.05, 4.69) is 5.32 Å². The third-order valence-corrected chi connectivity index (χ3v) is 3.57. The molecule has 130 valence electrons. The number of alkyl halides is 3. The van der Waals surface area contributed by atoms with Crippen LogP contribution in [-0.4, -0.2) is 22.0 Å². The van der Waals surface area contributed by atoms with Gasteiger partial charge in [-0.2, -0.15) is 13.2 Å². The smallest absolute Gasteiger partial charge is 0.417 e. The molecular weight excluding hydrogens is 357 g/mol. The number of nitrogens with one attached hydrogen (secondary N) is 1. The largest absolute Gasteiger partial charge is 0.478 e. The molecule has 0 aliphatic carbocycles. The van der Waals surface area contributed by atoms with E-state index in [9.17, 15) is 22.8 Å².